The molecule has 15 aromatic rings. The molecule has 0 atom stereocenters. The normalized spacial score (nSPS) is 12.7. The van der Waals surface area contributed by atoms with E-state index in [1.165, 1.54) is 136 Å². The summed E-state index contributed by atoms with van der Waals surface area (Å²) >= 11 is 0. The Bertz CT molecular complexity index is 4290. The predicted octanol–water partition coefficient (Wildman–Crippen LogP) is 15.1. The molecule has 270 valence electrons. The van der Waals surface area contributed by atoms with E-state index in [2.05, 4.69) is 201 Å². The Hall–Kier alpha value is -7.88. The molecule has 0 aliphatic rings. The van der Waals surface area contributed by atoms with Crippen LogP contribution in [0.2, 0.25) is 0 Å². The summed E-state index contributed by atoms with van der Waals surface area (Å²) in [5.74, 6) is 0. The average Bonchev–Trinajstić information content (AvgIpc) is 4.08. The minimum atomic E-state index is 1.17. The second kappa shape index (κ2) is 10.5. The highest BCUT2D eigenvalue weighted by molar-refractivity contribution is 6.40. The van der Waals surface area contributed by atoms with Crippen LogP contribution in [0.3, 0.4) is 0 Å². The molecule has 0 fully saturated rings. The molecule has 0 aliphatic carbocycles. The van der Waals surface area contributed by atoms with Crippen molar-refractivity contribution in [2.45, 2.75) is 0 Å². The van der Waals surface area contributed by atoms with Gasteiger partial charge in [-0.3, -0.25) is 0 Å². The first-order valence-electron chi connectivity index (χ1n) is 20.5. The van der Waals surface area contributed by atoms with Crippen LogP contribution in [0.5, 0.6) is 0 Å². The van der Waals surface area contributed by atoms with Crippen LogP contribution in [0.15, 0.2) is 188 Å². The first-order chi connectivity index (χ1) is 29.3. The minimum Gasteiger partial charge on any atom is -0.309 e. The zero-order valence-electron chi connectivity index (χ0n) is 31.7. The van der Waals surface area contributed by atoms with E-state index in [0.717, 1.165) is 0 Å². The monoisotopic (exact) mass is 745 g/mol. The van der Waals surface area contributed by atoms with Crippen molar-refractivity contribution < 1.29 is 0 Å². The number of rotatable bonds is 2. The fourth-order valence-electron chi connectivity index (χ4n) is 11.4. The number of para-hydroxylation sites is 4. The highest BCUT2D eigenvalue weighted by Crippen LogP contribution is 2.51. The SMILES string of the molecule is c1ccc(-n2c3ccccc3c3cc(-c4c5ccccc5cc5c6cccc7c8c9c%10c%11ccccc%11cc%11c%12ccccc%12n(c9ccc8n(c45)c67)c%11%10)ccc32)cc1. The minimum absolute atomic E-state index is 1.17. The van der Waals surface area contributed by atoms with Gasteiger partial charge in [0.15, 0.2) is 0 Å². The first-order valence-corrected chi connectivity index (χ1v) is 20.5. The first kappa shape index (κ1) is 30.3. The predicted molar refractivity (Wildman–Crippen MR) is 251 cm³/mol. The highest BCUT2D eigenvalue weighted by Gasteiger charge is 2.27. The standard InChI is InChI=1S/C56H31N3/c1-2-15-35(16-3-1)57-45-23-10-8-19-38(45)42-31-34(25-26-47(42)57)50-36-17-6-4-13-32(36)30-44-40-21-12-22-41-51-48(59(54(40)41)55(44)50)27-28-49-53(51)52-37-18-7-5-14-33(37)29-43-39-20-9-11-24-46(39)58(49)56(43)52/h1-31H. The van der Waals surface area contributed by atoms with Gasteiger partial charge in [-0.2, -0.15) is 0 Å². The third-order valence-electron chi connectivity index (χ3n) is 13.6. The third kappa shape index (κ3) is 3.58. The van der Waals surface area contributed by atoms with Crippen molar-refractivity contribution in [3.8, 4) is 16.8 Å². The molecule has 0 saturated heterocycles. The summed E-state index contributed by atoms with van der Waals surface area (Å²) in [6.07, 6.45) is 0. The lowest BCUT2D eigenvalue weighted by Crippen LogP contribution is -1.93. The zero-order valence-corrected chi connectivity index (χ0v) is 31.7. The number of hydrogen-bond donors (Lipinski definition) is 0. The fourth-order valence-corrected chi connectivity index (χ4v) is 11.4. The summed E-state index contributed by atoms with van der Waals surface area (Å²) < 4.78 is 7.56. The van der Waals surface area contributed by atoms with Gasteiger partial charge in [-0.1, -0.05) is 127 Å². The molecule has 0 N–H and O–H groups in total. The summed E-state index contributed by atoms with van der Waals surface area (Å²) in [5.41, 5.74) is 13.7. The van der Waals surface area contributed by atoms with Gasteiger partial charge in [-0.25, -0.2) is 0 Å². The van der Waals surface area contributed by atoms with Crippen LogP contribution >= 0.6 is 0 Å². The van der Waals surface area contributed by atoms with Crippen molar-refractivity contribution in [2.24, 2.45) is 0 Å². The summed E-state index contributed by atoms with van der Waals surface area (Å²) in [7, 11) is 0. The van der Waals surface area contributed by atoms with E-state index in [0.29, 0.717) is 0 Å². The number of hydrogen-bond acceptors (Lipinski definition) is 0. The molecule has 5 heterocycles. The quantitative estimate of drug-likeness (QED) is 0.167. The van der Waals surface area contributed by atoms with Gasteiger partial charge < -0.3 is 13.4 Å². The summed E-state index contributed by atoms with van der Waals surface area (Å²) in [6, 6.07) is 70.2. The summed E-state index contributed by atoms with van der Waals surface area (Å²) in [6.45, 7) is 0. The van der Waals surface area contributed by atoms with E-state index in [9.17, 15) is 0 Å². The Morgan fingerprint density at radius 1 is 0.271 bits per heavy atom. The lowest BCUT2D eigenvalue weighted by atomic mass is 9.93. The topological polar surface area (TPSA) is 13.8 Å². The molecular weight excluding hydrogens is 715 g/mol. The molecule has 0 bridgehead atoms. The van der Waals surface area contributed by atoms with Gasteiger partial charge in [0.25, 0.3) is 0 Å². The van der Waals surface area contributed by atoms with E-state index in [1.807, 2.05) is 0 Å². The van der Waals surface area contributed by atoms with Gasteiger partial charge in [0.05, 0.1) is 44.1 Å². The van der Waals surface area contributed by atoms with Gasteiger partial charge in [-0.05, 0) is 87.8 Å². The van der Waals surface area contributed by atoms with Crippen molar-refractivity contribution >= 4 is 120 Å². The number of nitrogens with zero attached hydrogens (tertiary/aromatic N) is 3. The number of fused-ring (bicyclic) bond motifs is 19. The van der Waals surface area contributed by atoms with E-state index in [4.69, 9.17) is 0 Å². The zero-order chi connectivity index (χ0) is 38.1. The smallest absolute Gasteiger partial charge is 0.0627 e. The van der Waals surface area contributed by atoms with Crippen LogP contribution in [0.4, 0.5) is 0 Å². The van der Waals surface area contributed by atoms with E-state index in [1.54, 1.807) is 0 Å². The third-order valence-corrected chi connectivity index (χ3v) is 13.6. The van der Waals surface area contributed by atoms with Crippen molar-refractivity contribution in [3.63, 3.8) is 0 Å². The van der Waals surface area contributed by atoms with Crippen LogP contribution in [-0.2, 0) is 0 Å². The van der Waals surface area contributed by atoms with Gasteiger partial charge in [0.2, 0.25) is 0 Å². The molecule has 59 heavy (non-hydrogen) atoms. The fraction of sp³-hybridized carbons (Fsp3) is 0. The van der Waals surface area contributed by atoms with Gasteiger partial charge in [-0.15, -0.1) is 0 Å². The van der Waals surface area contributed by atoms with Crippen LogP contribution in [0, 0.1) is 0 Å². The lowest BCUT2D eigenvalue weighted by molar-refractivity contribution is 1.18. The maximum absolute atomic E-state index is 2.61. The molecule has 0 radical (unpaired) electrons. The second-order valence-electron chi connectivity index (χ2n) is 16.4. The molecular formula is C56H31N3. The second-order valence-corrected chi connectivity index (χ2v) is 16.4. The Balaban J connectivity index is 1.14. The molecule has 0 unspecified atom stereocenters. The summed E-state index contributed by atoms with van der Waals surface area (Å²) in [5, 5.41) is 18.1. The van der Waals surface area contributed by atoms with Crippen LogP contribution < -0.4 is 0 Å². The Morgan fingerprint density at radius 2 is 0.847 bits per heavy atom. The van der Waals surface area contributed by atoms with Crippen molar-refractivity contribution in [1.82, 2.24) is 13.4 Å². The van der Waals surface area contributed by atoms with Gasteiger partial charge >= 0.3 is 0 Å². The van der Waals surface area contributed by atoms with Crippen LogP contribution in [-0.4, -0.2) is 13.4 Å². The Labute approximate surface area is 336 Å². The lowest BCUT2D eigenvalue weighted by Gasteiger charge is -2.13. The van der Waals surface area contributed by atoms with E-state index >= 15 is 0 Å². The number of benzene rings is 10. The Kier molecular flexibility index (Phi) is 5.41. The number of aromatic nitrogens is 3. The molecule has 15 rings (SSSR count). The maximum atomic E-state index is 2.61. The van der Waals surface area contributed by atoms with Crippen LogP contribution in [0.1, 0.15) is 0 Å². The summed E-state index contributed by atoms with van der Waals surface area (Å²) in [4.78, 5) is 0. The molecule has 3 nitrogen and oxygen atoms in total. The Morgan fingerprint density at radius 3 is 1.66 bits per heavy atom. The molecule has 0 spiro atoms. The average molecular weight is 746 g/mol. The molecule has 10 aromatic carbocycles. The highest BCUT2D eigenvalue weighted by atomic mass is 15.0. The molecule has 0 aliphatic heterocycles. The van der Waals surface area contributed by atoms with E-state index in [-0.39, 0.29) is 0 Å². The molecule has 5 aromatic heterocycles. The van der Waals surface area contributed by atoms with Crippen molar-refractivity contribution in [2.75, 3.05) is 0 Å². The maximum Gasteiger partial charge on any atom is 0.0627 e. The van der Waals surface area contributed by atoms with Gasteiger partial charge in [0, 0.05) is 65.1 Å². The largest absolute Gasteiger partial charge is 0.309 e. The molecule has 3 heteroatoms. The molecule has 0 saturated carbocycles. The van der Waals surface area contributed by atoms with Crippen LogP contribution in [0.25, 0.3) is 136 Å². The van der Waals surface area contributed by atoms with Crippen molar-refractivity contribution in [3.05, 3.63) is 188 Å². The molecule has 0 amide bonds. The van der Waals surface area contributed by atoms with Gasteiger partial charge in [0.1, 0.15) is 0 Å². The van der Waals surface area contributed by atoms with Crippen molar-refractivity contribution in [1.29, 1.82) is 0 Å². The van der Waals surface area contributed by atoms with E-state index < -0.39 is 0 Å².